The van der Waals surface area contributed by atoms with Gasteiger partial charge in [-0.3, -0.25) is 0 Å². The van der Waals surface area contributed by atoms with E-state index in [1.54, 1.807) is 7.11 Å². The van der Waals surface area contributed by atoms with E-state index in [2.05, 4.69) is 37.3 Å². The van der Waals surface area contributed by atoms with Gasteiger partial charge in [-0.2, -0.15) is 0 Å². The largest absolute Gasteiger partial charge is 0.496 e. The fourth-order valence-corrected chi connectivity index (χ4v) is 4.16. The first-order valence-corrected chi connectivity index (χ1v) is 9.15. The summed E-state index contributed by atoms with van der Waals surface area (Å²) < 4.78 is 5.68. The van der Waals surface area contributed by atoms with Crippen molar-refractivity contribution in [1.82, 2.24) is 0 Å². The lowest BCUT2D eigenvalue weighted by Crippen LogP contribution is -2.12. The molecule has 2 aromatic carbocycles. The lowest BCUT2D eigenvalue weighted by atomic mass is 9.89. The molecule has 1 N–H and O–H groups in total. The van der Waals surface area contributed by atoms with Crippen LogP contribution in [0.3, 0.4) is 0 Å². The van der Waals surface area contributed by atoms with E-state index in [1.165, 1.54) is 52.6 Å². The molecular formula is C22H26O2. The molecule has 24 heavy (non-hydrogen) atoms. The topological polar surface area (TPSA) is 29.5 Å². The number of benzene rings is 2. The van der Waals surface area contributed by atoms with Crippen molar-refractivity contribution in [2.45, 2.75) is 50.9 Å². The molecule has 2 aromatic rings. The van der Waals surface area contributed by atoms with E-state index in [1.807, 2.05) is 0 Å². The number of fused-ring (bicyclic) bond motifs is 1. The summed E-state index contributed by atoms with van der Waals surface area (Å²) in [6.07, 6.45) is 6.87. The molecule has 0 saturated heterocycles. The third-order valence-corrected chi connectivity index (χ3v) is 5.96. The number of aliphatic hydroxyl groups excluding tert-OH is 1. The molecule has 0 amide bonds. The van der Waals surface area contributed by atoms with Crippen LogP contribution < -0.4 is 4.74 Å². The maximum Gasteiger partial charge on any atom is 0.126 e. The summed E-state index contributed by atoms with van der Waals surface area (Å²) >= 11 is 0. The van der Waals surface area contributed by atoms with E-state index < -0.39 is 0 Å². The van der Waals surface area contributed by atoms with Crippen molar-refractivity contribution >= 4 is 0 Å². The van der Waals surface area contributed by atoms with Crippen LogP contribution in [0.1, 0.15) is 48.4 Å². The first-order valence-electron chi connectivity index (χ1n) is 9.15. The third kappa shape index (κ3) is 2.44. The highest BCUT2D eigenvalue weighted by Crippen LogP contribution is 2.49. The van der Waals surface area contributed by atoms with Gasteiger partial charge in [0.15, 0.2) is 0 Å². The molecule has 1 saturated carbocycles. The highest BCUT2D eigenvalue weighted by molar-refractivity contribution is 5.76. The van der Waals surface area contributed by atoms with Gasteiger partial charge >= 0.3 is 0 Å². The molecule has 0 spiro atoms. The highest BCUT2D eigenvalue weighted by Gasteiger charge is 2.43. The van der Waals surface area contributed by atoms with Gasteiger partial charge < -0.3 is 9.84 Å². The number of methoxy groups -OCH3 is 1. The minimum absolute atomic E-state index is 0.00979. The van der Waals surface area contributed by atoms with Crippen LogP contribution in [-0.2, 0) is 24.7 Å². The third-order valence-electron chi connectivity index (χ3n) is 5.96. The van der Waals surface area contributed by atoms with E-state index in [9.17, 15) is 5.11 Å². The number of aryl methyl sites for hydroxylation is 3. The Balaban J connectivity index is 1.88. The predicted molar refractivity (Wildman–Crippen MR) is 97.8 cm³/mol. The van der Waals surface area contributed by atoms with Gasteiger partial charge in [-0.25, -0.2) is 0 Å². The van der Waals surface area contributed by atoms with Gasteiger partial charge in [0.1, 0.15) is 5.75 Å². The van der Waals surface area contributed by atoms with Crippen molar-refractivity contribution in [2.75, 3.05) is 13.7 Å². The summed E-state index contributed by atoms with van der Waals surface area (Å²) in [6, 6.07) is 11.3. The lowest BCUT2D eigenvalue weighted by Gasteiger charge is -2.19. The number of hydrogen-bond acceptors (Lipinski definition) is 2. The first-order chi connectivity index (χ1) is 11.7. The van der Waals surface area contributed by atoms with Crippen molar-refractivity contribution in [3.8, 4) is 16.9 Å². The van der Waals surface area contributed by atoms with Crippen LogP contribution in [0.5, 0.6) is 5.75 Å². The number of aliphatic hydroxyl groups is 1. The molecule has 0 aliphatic heterocycles. The fraction of sp³-hybridized carbons (Fsp3) is 0.455. The molecule has 0 heterocycles. The van der Waals surface area contributed by atoms with Crippen molar-refractivity contribution in [1.29, 1.82) is 0 Å². The molecule has 0 unspecified atom stereocenters. The molecule has 0 bridgehead atoms. The molecule has 2 aliphatic rings. The molecule has 0 radical (unpaired) electrons. The van der Waals surface area contributed by atoms with Crippen molar-refractivity contribution in [2.24, 2.45) is 0 Å². The second-order valence-corrected chi connectivity index (χ2v) is 7.34. The van der Waals surface area contributed by atoms with Gasteiger partial charge in [0.25, 0.3) is 0 Å². The molecule has 1 fully saturated rings. The van der Waals surface area contributed by atoms with Crippen LogP contribution in [0.25, 0.3) is 11.1 Å². The number of ether oxygens (including phenoxy) is 1. The summed E-state index contributed by atoms with van der Waals surface area (Å²) in [5.41, 5.74) is 8.16. The normalized spacial score (nSPS) is 17.6. The fourth-order valence-electron chi connectivity index (χ4n) is 4.16. The second kappa shape index (κ2) is 5.93. The Morgan fingerprint density at radius 1 is 1.04 bits per heavy atom. The summed E-state index contributed by atoms with van der Waals surface area (Å²) in [6.45, 7) is 2.47. The zero-order valence-corrected chi connectivity index (χ0v) is 14.7. The van der Waals surface area contributed by atoms with Gasteiger partial charge in [0.2, 0.25) is 0 Å². The van der Waals surface area contributed by atoms with Gasteiger partial charge in [0, 0.05) is 11.0 Å². The predicted octanol–water partition coefficient (Wildman–Crippen LogP) is 4.44. The van der Waals surface area contributed by atoms with Crippen LogP contribution in [0.2, 0.25) is 0 Å². The maximum atomic E-state index is 9.79. The van der Waals surface area contributed by atoms with Crippen LogP contribution in [0, 0.1) is 0 Å². The molecule has 2 nitrogen and oxygen atoms in total. The van der Waals surface area contributed by atoms with Gasteiger partial charge in [-0.1, -0.05) is 25.1 Å². The Morgan fingerprint density at radius 3 is 2.42 bits per heavy atom. The van der Waals surface area contributed by atoms with Gasteiger partial charge in [0.05, 0.1) is 13.7 Å². The summed E-state index contributed by atoms with van der Waals surface area (Å²) in [5, 5.41) is 9.79. The van der Waals surface area contributed by atoms with Crippen molar-refractivity contribution < 1.29 is 9.84 Å². The summed E-state index contributed by atoms with van der Waals surface area (Å²) in [5.74, 6) is 0.931. The average Bonchev–Trinajstić information content (AvgIpc) is 3.30. The Kier molecular flexibility index (Phi) is 3.88. The molecule has 0 atom stereocenters. The molecular weight excluding hydrogens is 296 g/mol. The van der Waals surface area contributed by atoms with E-state index >= 15 is 0 Å². The van der Waals surface area contributed by atoms with Gasteiger partial charge in [-0.15, -0.1) is 0 Å². The first kappa shape index (κ1) is 15.7. The lowest BCUT2D eigenvalue weighted by molar-refractivity contribution is 0.255. The molecule has 2 aliphatic carbocycles. The molecule has 2 heteroatoms. The van der Waals surface area contributed by atoms with Crippen LogP contribution in [0.4, 0.5) is 0 Å². The SMILES string of the molecule is CCc1cc2c(cc1-c1cc(C3(CO)CC3)ccc1OC)CCC2. The zero-order chi connectivity index (χ0) is 16.7. The summed E-state index contributed by atoms with van der Waals surface area (Å²) in [4.78, 5) is 0. The quantitative estimate of drug-likeness (QED) is 0.882. The van der Waals surface area contributed by atoms with Gasteiger partial charge in [-0.05, 0) is 78.5 Å². The minimum Gasteiger partial charge on any atom is -0.496 e. The highest BCUT2D eigenvalue weighted by atomic mass is 16.5. The van der Waals surface area contributed by atoms with Crippen molar-refractivity contribution in [3.63, 3.8) is 0 Å². The number of hydrogen-bond donors (Lipinski definition) is 1. The molecule has 0 aromatic heterocycles. The Morgan fingerprint density at radius 2 is 1.79 bits per heavy atom. The zero-order valence-electron chi connectivity index (χ0n) is 14.7. The average molecular weight is 322 g/mol. The minimum atomic E-state index is -0.00979. The maximum absolute atomic E-state index is 9.79. The molecule has 126 valence electrons. The van der Waals surface area contributed by atoms with Crippen LogP contribution >= 0.6 is 0 Å². The Hall–Kier alpha value is -1.80. The smallest absolute Gasteiger partial charge is 0.126 e. The van der Waals surface area contributed by atoms with E-state index in [0.717, 1.165) is 25.0 Å². The summed E-state index contributed by atoms with van der Waals surface area (Å²) in [7, 11) is 1.75. The van der Waals surface area contributed by atoms with E-state index in [-0.39, 0.29) is 12.0 Å². The Labute approximate surface area is 144 Å². The second-order valence-electron chi connectivity index (χ2n) is 7.34. The van der Waals surface area contributed by atoms with E-state index in [0.29, 0.717) is 0 Å². The number of rotatable bonds is 5. The van der Waals surface area contributed by atoms with Crippen molar-refractivity contribution in [3.05, 3.63) is 52.6 Å². The monoisotopic (exact) mass is 322 g/mol. The molecule has 4 rings (SSSR count). The van der Waals surface area contributed by atoms with Crippen LogP contribution in [-0.4, -0.2) is 18.8 Å². The van der Waals surface area contributed by atoms with E-state index in [4.69, 9.17) is 4.74 Å². The standard InChI is InChI=1S/C22H26O2/c1-3-15-11-16-5-4-6-17(16)12-19(15)20-13-18(7-8-21(20)24-2)22(14-23)9-10-22/h7-8,11-13,23H,3-6,9-10,14H2,1-2H3. The van der Waals surface area contributed by atoms with Crippen LogP contribution in [0.15, 0.2) is 30.3 Å². The Bertz CT molecular complexity index is 772.